The fourth-order valence-corrected chi connectivity index (χ4v) is 7.20. The van der Waals surface area contributed by atoms with Crippen LogP contribution in [0.3, 0.4) is 0 Å². The van der Waals surface area contributed by atoms with Crippen molar-refractivity contribution in [3.63, 3.8) is 0 Å². The molecule has 0 amide bonds. The first kappa shape index (κ1) is 27.7. The molecule has 0 spiro atoms. The zero-order chi connectivity index (χ0) is 28.4. The Bertz CT molecular complexity index is 1710. The summed E-state index contributed by atoms with van der Waals surface area (Å²) in [6, 6.07) is 30.8. The molecular weight excluding hydrogens is 575 g/mol. The Hall–Kier alpha value is -3.49. The molecule has 0 aliphatic carbocycles. The van der Waals surface area contributed by atoms with Gasteiger partial charge in [-0.25, -0.2) is 8.42 Å². The van der Waals surface area contributed by atoms with Crippen LogP contribution in [-0.4, -0.2) is 42.1 Å². The number of rotatable bonds is 7. The van der Waals surface area contributed by atoms with Gasteiger partial charge in [-0.3, -0.25) is 0 Å². The van der Waals surface area contributed by atoms with Crippen molar-refractivity contribution in [1.29, 1.82) is 0 Å². The molecule has 1 saturated heterocycles. The zero-order valence-corrected chi connectivity index (χ0v) is 24.4. The number of halogens is 2. The normalized spacial score (nSPS) is 14.9. The van der Waals surface area contributed by atoms with E-state index in [2.05, 4.69) is 27.6 Å². The number of nitrogens with one attached hydrogen (secondary N) is 1. The van der Waals surface area contributed by atoms with E-state index in [0.29, 0.717) is 40.9 Å². The summed E-state index contributed by atoms with van der Waals surface area (Å²) in [5.74, 6) is -0.0404. The van der Waals surface area contributed by atoms with Gasteiger partial charge in [0.15, 0.2) is 0 Å². The Morgan fingerprint density at radius 3 is 1.98 bits per heavy atom. The zero-order valence-electron chi connectivity index (χ0n) is 22.1. The number of piperidine rings is 1. The SMILES string of the molecule is O=S(=O)(c1ccccc1)N1CCC(Nc2cnnc3ccc(C(c4ccc(Cl)cc4)c4ccc(Cl)cc4)cc23)CC1. The van der Waals surface area contributed by atoms with Crippen molar-refractivity contribution >= 4 is 49.8 Å². The number of benzene rings is 4. The third-order valence-corrected chi connectivity index (χ3v) is 10.0. The summed E-state index contributed by atoms with van der Waals surface area (Å²) in [4.78, 5) is 0.333. The summed E-state index contributed by atoms with van der Waals surface area (Å²) in [5, 5.41) is 14.6. The number of hydrogen-bond donors (Lipinski definition) is 1. The first-order chi connectivity index (χ1) is 19.9. The second kappa shape index (κ2) is 11.8. The molecule has 6 nitrogen and oxygen atoms in total. The Labute approximate surface area is 250 Å². The van der Waals surface area contributed by atoms with E-state index >= 15 is 0 Å². The molecule has 4 aromatic carbocycles. The molecular formula is C32H28Cl2N4O2S. The molecule has 2 heterocycles. The van der Waals surface area contributed by atoms with Crippen LogP contribution in [0.4, 0.5) is 5.69 Å². The van der Waals surface area contributed by atoms with Crippen LogP contribution in [0, 0.1) is 0 Å². The number of nitrogens with zero attached hydrogens (tertiary/aromatic N) is 3. The van der Waals surface area contributed by atoms with Crippen LogP contribution in [0.25, 0.3) is 10.9 Å². The molecule has 208 valence electrons. The molecule has 9 heteroatoms. The van der Waals surface area contributed by atoms with Gasteiger partial charge in [0.25, 0.3) is 0 Å². The summed E-state index contributed by atoms with van der Waals surface area (Å²) in [6.45, 7) is 0.900. The van der Waals surface area contributed by atoms with E-state index < -0.39 is 10.0 Å². The minimum absolute atomic E-state index is 0.0404. The minimum atomic E-state index is -3.50. The molecule has 1 N–H and O–H groups in total. The van der Waals surface area contributed by atoms with E-state index in [0.717, 1.165) is 33.3 Å². The van der Waals surface area contributed by atoms with Crippen LogP contribution in [-0.2, 0) is 10.0 Å². The molecule has 0 saturated carbocycles. The highest BCUT2D eigenvalue weighted by atomic mass is 35.5. The maximum absolute atomic E-state index is 13.1. The maximum Gasteiger partial charge on any atom is 0.243 e. The lowest BCUT2D eigenvalue weighted by Crippen LogP contribution is -2.42. The van der Waals surface area contributed by atoms with Gasteiger partial charge >= 0.3 is 0 Å². The molecule has 41 heavy (non-hydrogen) atoms. The monoisotopic (exact) mass is 602 g/mol. The lowest BCUT2D eigenvalue weighted by Gasteiger charge is -2.32. The molecule has 0 atom stereocenters. The van der Waals surface area contributed by atoms with Crippen LogP contribution in [0.5, 0.6) is 0 Å². The van der Waals surface area contributed by atoms with Crippen molar-refractivity contribution in [2.45, 2.75) is 29.7 Å². The summed E-state index contributed by atoms with van der Waals surface area (Å²) >= 11 is 12.4. The van der Waals surface area contributed by atoms with Crippen LogP contribution >= 0.6 is 23.2 Å². The van der Waals surface area contributed by atoms with Gasteiger partial charge in [0, 0.05) is 40.5 Å². The van der Waals surface area contributed by atoms with Gasteiger partial charge in [-0.2, -0.15) is 14.5 Å². The van der Waals surface area contributed by atoms with Gasteiger partial charge in [0.2, 0.25) is 10.0 Å². The Balaban J connectivity index is 1.28. The highest BCUT2D eigenvalue weighted by Crippen LogP contribution is 2.36. The van der Waals surface area contributed by atoms with Crippen molar-refractivity contribution in [3.05, 3.63) is 130 Å². The van der Waals surface area contributed by atoms with E-state index in [1.54, 1.807) is 34.8 Å². The van der Waals surface area contributed by atoms with Gasteiger partial charge in [-0.15, -0.1) is 0 Å². The van der Waals surface area contributed by atoms with E-state index in [1.165, 1.54) is 0 Å². The van der Waals surface area contributed by atoms with Crippen molar-refractivity contribution < 1.29 is 8.42 Å². The Kier molecular flexibility index (Phi) is 7.95. The number of hydrogen-bond acceptors (Lipinski definition) is 5. The number of sulfonamides is 1. The van der Waals surface area contributed by atoms with E-state index in [9.17, 15) is 8.42 Å². The smallest absolute Gasteiger partial charge is 0.243 e. The average Bonchev–Trinajstić information content (AvgIpc) is 3.00. The molecule has 1 aliphatic rings. The first-order valence-electron chi connectivity index (χ1n) is 13.5. The topological polar surface area (TPSA) is 75.2 Å². The van der Waals surface area contributed by atoms with Crippen LogP contribution < -0.4 is 5.32 Å². The fourth-order valence-electron chi connectivity index (χ4n) is 5.46. The van der Waals surface area contributed by atoms with Crippen molar-refractivity contribution in [2.24, 2.45) is 0 Å². The van der Waals surface area contributed by atoms with Crippen LogP contribution in [0.1, 0.15) is 35.4 Å². The van der Waals surface area contributed by atoms with E-state index in [1.807, 2.05) is 60.7 Å². The lowest BCUT2D eigenvalue weighted by atomic mass is 9.84. The second-order valence-electron chi connectivity index (χ2n) is 10.2. The molecule has 0 bridgehead atoms. The largest absolute Gasteiger partial charge is 0.380 e. The Morgan fingerprint density at radius 1 is 0.780 bits per heavy atom. The molecule has 1 aliphatic heterocycles. The number of fused-ring (bicyclic) bond motifs is 1. The highest BCUT2D eigenvalue weighted by Gasteiger charge is 2.29. The third kappa shape index (κ3) is 5.95. The standard InChI is InChI=1S/C32H28Cl2N4O2S/c33-25-11-6-22(7-12-25)32(23-8-13-26(34)14-9-23)24-10-15-30-29(20-24)31(21-35-37-30)36-27-16-18-38(19-17-27)41(39,40)28-4-2-1-3-5-28/h1-15,20-21,27,32H,16-19H2,(H,36,37). The lowest BCUT2D eigenvalue weighted by molar-refractivity contribution is 0.330. The highest BCUT2D eigenvalue weighted by molar-refractivity contribution is 7.89. The van der Waals surface area contributed by atoms with Crippen molar-refractivity contribution in [1.82, 2.24) is 14.5 Å². The molecule has 1 aromatic heterocycles. The van der Waals surface area contributed by atoms with Crippen LogP contribution in [0.15, 0.2) is 108 Å². The van der Waals surface area contributed by atoms with Gasteiger partial charge in [0.1, 0.15) is 0 Å². The molecule has 0 unspecified atom stereocenters. The van der Waals surface area contributed by atoms with Gasteiger partial charge in [-0.05, 0) is 78.1 Å². The summed E-state index contributed by atoms with van der Waals surface area (Å²) in [6.07, 6.45) is 3.13. The first-order valence-corrected chi connectivity index (χ1v) is 15.7. The number of aromatic nitrogens is 2. The second-order valence-corrected chi connectivity index (χ2v) is 13.0. The summed E-state index contributed by atoms with van der Waals surface area (Å²) < 4.78 is 27.7. The molecule has 1 fully saturated rings. The van der Waals surface area contributed by atoms with E-state index in [-0.39, 0.29) is 12.0 Å². The molecule has 6 rings (SSSR count). The minimum Gasteiger partial charge on any atom is -0.380 e. The average molecular weight is 604 g/mol. The molecule has 5 aromatic rings. The fraction of sp³-hybridized carbons (Fsp3) is 0.188. The Morgan fingerprint density at radius 2 is 1.37 bits per heavy atom. The number of anilines is 1. The predicted octanol–water partition coefficient (Wildman–Crippen LogP) is 7.38. The van der Waals surface area contributed by atoms with Gasteiger partial charge < -0.3 is 5.32 Å². The molecule has 0 radical (unpaired) electrons. The quantitative estimate of drug-likeness (QED) is 0.197. The summed E-state index contributed by atoms with van der Waals surface area (Å²) in [5.41, 5.74) is 4.99. The van der Waals surface area contributed by atoms with Gasteiger partial charge in [-0.1, -0.05) is 71.7 Å². The van der Waals surface area contributed by atoms with Crippen molar-refractivity contribution in [2.75, 3.05) is 18.4 Å². The van der Waals surface area contributed by atoms with Crippen LogP contribution in [0.2, 0.25) is 10.0 Å². The maximum atomic E-state index is 13.1. The third-order valence-electron chi connectivity index (χ3n) is 7.60. The van der Waals surface area contributed by atoms with E-state index in [4.69, 9.17) is 23.2 Å². The van der Waals surface area contributed by atoms with Crippen molar-refractivity contribution in [3.8, 4) is 0 Å². The summed E-state index contributed by atoms with van der Waals surface area (Å²) in [7, 11) is -3.50. The van der Waals surface area contributed by atoms with Gasteiger partial charge in [0.05, 0.1) is 22.3 Å². The predicted molar refractivity (Wildman–Crippen MR) is 165 cm³/mol.